The predicted molar refractivity (Wildman–Crippen MR) is 116 cm³/mol. The Balaban J connectivity index is 1.69. The number of pyridine rings is 1. The summed E-state index contributed by atoms with van der Waals surface area (Å²) >= 11 is 0. The van der Waals surface area contributed by atoms with E-state index in [4.69, 9.17) is 0 Å². The van der Waals surface area contributed by atoms with Gasteiger partial charge in [0, 0.05) is 18.2 Å². The minimum atomic E-state index is -3.31. The molecule has 3 N–H and O–H groups in total. The zero-order valence-corrected chi connectivity index (χ0v) is 19.2. The molecule has 1 heterocycles. The molecule has 2 aliphatic rings. The number of hydrogen-bond acceptors (Lipinski definition) is 5. The Bertz CT molecular complexity index is 847. The fraction of sp³-hybridized carbons (Fsp3) is 0.727. The van der Waals surface area contributed by atoms with Crippen LogP contribution in [-0.2, 0) is 21.4 Å². The van der Waals surface area contributed by atoms with Gasteiger partial charge in [-0.15, -0.1) is 0 Å². The quantitative estimate of drug-likeness (QED) is 0.631. The standard InChI is InChI=1S/C22H35N3O4S/c1-14(21(27)24-13-16-7-5-6-12-23-16)17-8-10-22(3)11-9-18(25-30(4,28)29)15(2)19(22)20(17)26/h5-7,12,14-15,17-20,25-26H,8-11,13H2,1-4H3,(H,24,27)/t14-,15-,17+,18-,19+,20-,22+/m0/s1. The van der Waals surface area contributed by atoms with Crippen LogP contribution in [0.4, 0.5) is 0 Å². The highest BCUT2D eigenvalue weighted by Gasteiger charge is 2.53. The van der Waals surface area contributed by atoms with Crippen molar-refractivity contribution in [3.05, 3.63) is 30.1 Å². The van der Waals surface area contributed by atoms with Crippen LogP contribution < -0.4 is 10.0 Å². The lowest BCUT2D eigenvalue weighted by Crippen LogP contribution is -2.58. The number of carbonyl (C=O) groups is 1. The molecule has 0 unspecified atom stereocenters. The molecule has 0 radical (unpaired) electrons. The summed E-state index contributed by atoms with van der Waals surface area (Å²) in [5.41, 5.74) is 0.764. The summed E-state index contributed by atoms with van der Waals surface area (Å²) < 4.78 is 26.3. The molecule has 7 nitrogen and oxygen atoms in total. The van der Waals surface area contributed by atoms with Crippen molar-refractivity contribution in [2.75, 3.05) is 6.26 Å². The average molecular weight is 438 g/mol. The Kier molecular flexibility index (Phi) is 6.89. The second-order valence-corrected chi connectivity index (χ2v) is 11.4. The summed E-state index contributed by atoms with van der Waals surface area (Å²) in [4.78, 5) is 17.0. The van der Waals surface area contributed by atoms with Gasteiger partial charge in [-0.05, 0) is 61.0 Å². The van der Waals surface area contributed by atoms with Crippen LogP contribution in [0.5, 0.6) is 0 Å². The van der Waals surface area contributed by atoms with E-state index in [9.17, 15) is 18.3 Å². The first-order valence-electron chi connectivity index (χ1n) is 10.8. The molecule has 1 amide bonds. The molecule has 8 heteroatoms. The number of hydrogen-bond donors (Lipinski definition) is 3. The molecule has 168 valence electrons. The molecule has 0 spiro atoms. The third-order valence-corrected chi connectivity index (χ3v) is 8.21. The summed E-state index contributed by atoms with van der Waals surface area (Å²) in [5.74, 6) is -0.604. The van der Waals surface area contributed by atoms with Crippen LogP contribution in [0, 0.1) is 29.1 Å². The van der Waals surface area contributed by atoms with Gasteiger partial charge in [0.1, 0.15) is 0 Å². The van der Waals surface area contributed by atoms with Crippen LogP contribution >= 0.6 is 0 Å². The van der Waals surface area contributed by atoms with Gasteiger partial charge in [-0.25, -0.2) is 13.1 Å². The van der Waals surface area contributed by atoms with Crippen molar-refractivity contribution in [1.82, 2.24) is 15.0 Å². The molecule has 2 aliphatic carbocycles. The summed E-state index contributed by atoms with van der Waals surface area (Å²) in [5, 5.41) is 14.3. The highest BCUT2D eigenvalue weighted by Crippen LogP contribution is 2.55. The molecule has 3 rings (SSSR count). The first-order valence-corrected chi connectivity index (χ1v) is 12.7. The van der Waals surface area contributed by atoms with Gasteiger partial charge in [-0.3, -0.25) is 9.78 Å². The van der Waals surface area contributed by atoms with E-state index in [1.54, 1.807) is 6.20 Å². The van der Waals surface area contributed by atoms with Crippen molar-refractivity contribution in [1.29, 1.82) is 0 Å². The fourth-order valence-electron chi connectivity index (χ4n) is 5.77. The van der Waals surface area contributed by atoms with Gasteiger partial charge in [0.2, 0.25) is 15.9 Å². The van der Waals surface area contributed by atoms with E-state index in [1.165, 1.54) is 6.26 Å². The molecule has 1 aromatic heterocycles. The van der Waals surface area contributed by atoms with Crippen LogP contribution in [-0.4, -0.2) is 42.8 Å². The smallest absolute Gasteiger partial charge is 0.223 e. The topological polar surface area (TPSA) is 108 Å². The molecule has 0 bridgehead atoms. The Morgan fingerprint density at radius 3 is 2.67 bits per heavy atom. The Morgan fingerprint density at radius 2 is 2.03 bits per heavy atom. The number of amides is 1. The van der Waals surface area contributed by atoms with Gasteiger partial charge in [0.25, 0.3) is 0 Å². The lowest BCUT2D eigenvalue weighted by atomic mass is 9.52. The molecule has 0 aliphatic heterocycles. The van der Waals surface area contributed by atoms with Crippen LogP contribution in [0.2, 0.25) is 0 Å². The van der Waals surface area contributed by atoms with E-state index in [0.29, 0.717) is 6.54 Å². The predicted octanol–water partition coefficient (Wildman–Crippen LogP) is 2.07. The fourth-order valence-corrected chi connectivity index (χ4v) is 6.65. The lowest BCUT2D eigenvalue weighted by Gasteiger charge is -2.56. The first-order chi connectivity index (χ1) is 14.0. The largest absolute Gasteiger partial charge is 0.392 e. The maximum atomic E-state index is 12.8. The van der Waals surface area contributed by atoms with Gasteiger partial charge < -0.3 is 10.4 Å². The van der Waals surface area contributed by atoms with Crippen LogP contribution in [0.25, 0.3) is 0 Å². The van der Waals surface area contributed by atoms with Crippen LogP contribution in [0.3, 0.4) is 0 Å². The first kappa shape index (κ1) is 23.2. The molecule has 7 atom stereocenters. The van der Waals surface area contributed by atoms with Crippen LogP contribution in [0.1, 0.15) is 52.1 Å². The number of carbonyl (C=O) groups excluding carboxylic acids is 1. The van der Waals surface area contributed by atoms with Crippen molar-refractivity contribution in [3.8, 4) is 0 Å². The summed E-state index contributed by atoms with van der Waals surface area (Å²) in [6.45, 7) is 6.48. The Hall–Kier alpha value is -1.51. The van der Waals surface area contributed by atoms with Gasteiger partial charge in [0.15, 0.2) is 0 Å². The van der Waals surface area contributed by atoms with E-state index in [1.807, 2.05) is 32.0 Å². The minimum Gasteiger partial charge on any atom is -0.392 e. The third-order valence-electron chi connectivity index (χ3n) is 7.48. The van der Waals surface area contributed by atoms with E-state index in [2.05, 4.69) is 21.9 Å². The van der Waals surface area contributed by atoms with Crippen molar-refractivity contribution in [3.63, 3.8) is 0 Å². The highest BCUT2D eigenvalue weighted by molar-refractivity contribution is 7.88. The second kappa shape index (κ2) is 8.93. The third kappa shape index (κ3) is 5.03. The Morgan fingerprint density at radius 1 is 1.33 bits per heavy atom. The van der Waals surface area contributed by atoms with Crippen LogP contribution in [0.15, 0.2) is 24.4 Å². The minimum absolute atomic E-state index is 0.0000509. The van der Waals surface area contributed by atoms with Gasteiger partial charge in [-0.1, -0.05) is 26.8 Å². The maximum Gasteiger partial charge on any atom is 0.223 e. The highest BCUT2D eigenvalue weighted by atomic mass is 32.2. The zero-order chi connectivity index (χ0) is 22.1. The number of rotatable bonds is 6. The molecule has 1 aromatic rings. The number of aromatic nitrogens is 1. The Labute approximate surface area is 180 Å². The van der Waals surface area contributed by atoms with Gasteiger partial charge in [-0.2, -0.15) is 0 Å². The molecule has 2 saturated carbocycles. The van der Waals surface area contributed by atoms with E-state index >= 15 is 0 Å². The zero-order valence-electron chi connectivity index (χ0n) is 18.3. The molecular weight excluding hydrogens is 402 g/mol. The molecule has 2 fully saturated rings. The molecule has 30 heavy (non-hydrogen) atoms. The van der Waals surface area contributed by atoms with Gasteiger partial charge >= 0.3 is 0 Å². The van der Waals surface area contributed by atoms with E-state index < -0.39 is 16.1 Å². The monoisotopic (exact) mass is 437 g/mol. The average Bonchev–Trinajstić information content (AvgIpc) is 2.68. The second-order valence-electron chi connectivity index (χ2n) is 9.59. The van der Waals surface area contributed by atoms with Crippen molar-refractivity contribution in [2.45, 2.75) is 65.1 Å². The maximum absolute atomic E-state index is 12.8. The summed E-state index contributed by atoms with van der Waals surface area (Å²) in [7, 11) is -3.31. The summed E-state index contributed by atoms with van der Waals surface area (Å²) in [6, 6.07) is 5.40. The molecule has 0 saturated heterocycles. The van der Waals surface area contributed by atoms with E-state index in [0.717, 1.165) is 31.4 Å². The number of sulfonamides is 1. The molecule has 0 aromatic carbocycles. The van der Waals surface area contributed by atoms with E-state index in [-0.39, 0.29) is 41.0 Å². The van der Waals surface area contributed by atoms with Crippen molar-refractivity contribution < 1.29 is 18.3 Å². The van der Waals surface area contributed by atoms with Crippen molar-refractivity contribution >= 4 is 15.9 Å². The van der Waals surface area contributed by atoms with Gasteiger partial charge in [0.05, 0.1) is 24.6 Å². The number of aliphatic hydroxyl groups is 1. The number of nitrogens with zero attached hydrogens (tertiary/aromatic N) is 1. The number of aliphatic hydroxyl groups excluding tert-OH is 1. The number of fused-ring (bicyclic) bond motifs is 1. The number of nitrogens with one attached hydrogen (secondary N) is 2. The normalized spacial score (nSPS) is 35.3. The SMILES string of the molecule is C[C@@H]1[C@@H]2[C@@H](O)[C@@H]([C@H](C)C(=O)NCc3ccccn3)CC[C@]2(C)CC[C@@H]1NS(C)(=O)=O. The molecular formula is C22H35N3O4S. The lowest BCUT2D eigenvalue weighted by molar-refractivity contribution is -0.141. The van der Waals surface area contributed by atoms with Crippen molar-refractivity contribution in [2.24, 2.45) is 29.1 Å². The summed E-state index contributed by atoms with van der Waals surface area (Å²) in [6.07, 6.45) is 5.62.